The number of likely N-dealkylation sites (tertiary alicyclic amines) is 1. The van der Waals surface area contributed by atoms with E-state index in [-0.39, 0.29) is 11.9 Å². The van der Waals surface area contributed by atoms with Crippen molar-refractivity contribution in [2.24, 2.45) is 11.8 Å². The van der Waals surface area contributed by atoms with Crippen LogP contribution >= 0.6 is 0 Å². The Balaban J connectivity index is 1.54. The van der Waals surface area contributed by atoms with Gasteiger partial charge in [0.05, 0.1) is 5.56 Å². The number of carbonyl (C=O) groups is 2. The van der Waals surface area contributed by atoms with Gasteiger partial charge in [0.25, 0.3) is 5.91 Å². The quantitative estimate of drug-likeness (QED) is 0.573. The Kier molecular flexibility index (Phi) is 7.76. The van der Waals surface area contributed by atoms with E-state index < -0.39 is 0 Å². The average molecular weight is 463 g/mol. The van der Waals surface area contributed by atoms with Crippen molar-refractivity contribution >= 4 is 29.0 Å². The molecule has 0 atom stereocenters. The van der Waals surface area contributed by atoms with Gasteiger partial charge in [-0.2, -0.15) is 0 Å². The van der Waals surface area contributed by atoms with Crippen molar-refractivity contribution < 1.29 is 9.59 Å². The lowest BCUT2D eigenvalue weighted by Crippen LogP contribution is -2.40. The molecule has 2 aromatic carbocycles. The number of nitrogens with zero attached hydrogens (tertiary/aromatic N) is 2. The summed E-state index contributed by atoms with van der Waals surface area (Å²) >= 11 is 0. The fourth-order valence-electron chi connectivity index (χ4n) is 4.85. The topological polar surface area (TPSA) is 64.7 Å². The Morgan fingerprint density at radius 1 is 0.853 bits per heavy atom. The molecule has 0 bridgehead atoms. The molecule has 2 heterocycles. The molecule has 2 N–H and O–H groups in total. The molecule has 6 heteroatoms. The second-order valence-corrected chi connectivity index (χ2v) is 10.0. The van der Waals surface area contributed by atoms with Crippen molar-refractivity contribution in [1.82, 2.24) is 4.90 Å². The van der Waals surface area contributed by atoms with E-state index in [2.05, 4.69) is 36.3 Å². The van der Waals surface area contributed by atoms with Gasteiger partial charge >= 0.3 is 6.03 Å². The van der Waals surface area contributed by atoms with Gasteiger partial charge in [-0.1, -0.05) is 32.9 Å². The van der Waals surface area contributed by atoms with Crippen molar-refractivity contribution in [2.45, 2.75) is 52.9 Å². The summed E-state index contributed by atoms with van der Waals surface area (Å²) in [7, 11) is 0. The van der Waals surface area contributed by atoms with E-state index in [4.69, 9.17) is 0 Å². The summed E-state index contributed by atoms with van der Waals surface area (Å²) in [5, 5.41) is 5.84. The highest BCUT2D eigenvalue weighted by atomic mass is 16.2. The minimum absolute atomic E-state index is 0.0697. The molecule has 2 aromatic rings. The average Bonchev–Trinajstić information content (AvgIpc) is 2.84. The Morgan fingerprint density at radius 2 is 1.47 bits per heavy atom. The van der Waals surface area contributed by atoms with Gasteiger partial charge in [-0.25, -0.2) is 4.79 Å². The number of anilines is 3. The number of amides is 3. The smallest absolute Gasteiger partial charge is 0.323 e. The third-order valence-corrected chi connectivity index (χ3v) is 7.27. The summed E-state index contributed by atoms with van der Waals surface area (Å²) in [6.45, 7) is 10.1. The van der Waals surface area contributed by atoms with E-state index in [0.717, 1.165) is 75.6 Å². The summed E-state index contributed by atoms with van der Waals surface area (Å²) < 4.78 is 0. The zero-order valence-corrected chi connectivity index (χ0v) is 20.8. The molecule has 0 aromatic heterocycles. The first-order valence-electron chi connectivity index (χ1n) is 12.8. The van der Waals surface area contributed by atoms with Crippen LogP contribution in [-0.4, -0.2) is 43.0 Å². The summed E-state index contributed by atoms with van der Waals surface area (Å²) in [4.78, 5) is 30.6. The maximum absolute atomic E-state index is 13.6. The minimum Gasteiger partial charge on any atom is -0.371 e. The number of piperidine rings is 2. The van der Waals surface area contributed by atoms with Crippen molar-refractivity contribution in [3.05, 3.63) is 53.6 Å². The number of rotatable bonds is 5. The second kappa shape index (κ2) is 10.9. The molecule has 2 aliphatic heterocycles. The van der Waals surface area contributed by atoms with E-state index in [0.29, 0.717) is 17.2 Å². The highest BCUT2D eigenvalue weighted by Gasteiger charge is 2.27. The van der Waals surface area contributed by atoms with Crippen LogP contribution in [0.4, 0.5) is 21.9 Å². The van der Waals surface area contributed by atoms with Crippen LogP contribution in [0.2, 0.25) is 0 Å². The normalized spacial score (nSPS) is 17.5. The molecular formula is C28H38N4O2. The van der Waals surface area contributed by atoms with Gasteiger partial charge in [0.15, 0.2) is 0 Å². The molecule has 6 nitrogen and oxygen atoms in total. The Bertz CT molecular complexity index is 1010. The third-order valence-electron chi connectivity index (χ3n) is 7.27. The number of urea groups is 1. The lowest BCUT2D eigenvalue weighted by molar-refractivity contribution is 0.0697. The lowest BCUT2D eigenvalue weighted by atomic mass is 9.96. The molecule has 2 fully saturated rings. The lowest BCUT2D eigenvalue weighted by Gasteiger charge is -2.35. The summed E-state index contributed by atoms with van der Waals surface area (Å²) in [6.07, 6.45) is 5.26. The maximum atomic E-state index is 13.6. The first-order chi connectivity index (χ1) is 16.4. The standard InChI is InChI=1S/C28H38N4O2/c1-4-22-6-5-7-23(18-22)29-28(34)30-24-8-9-26(31-14-10-20(2)11-15-31)25(19-24)27(33)32-16-12-21(3)13-17-32/h5-9,18-21H,4,10-17H2,1-3H3,(H2,29,30,34). The molecule has 0 saturated carbocycles. The summed E-state index contributed by atoms with van der Waals surface area (Å²) in [5.74, 6) is 1.45. The van der Waals surface area contributed by atoms with Crippen LogP contribution < -0.4 is 15.5 Å². The summed E-state index contributed by atoms with van der Waals surface area (Å²) in [5.41, 5.74) is 4.23. The zero-order chi connectivity index (χ0) is 24.1. The van der Waals surface area contributed by atoms with Crippen LogP contribution in [0.1, 0.15) is 62.4 Å². The molecule has 182 valence electrons. The Hall–Kier alpha value is -3.02. The molecule has 0 radical (unpaired) electrons. The van der Waals surface area contributed by atoms with E-state index in [1.54, 1.807) is 0 Å². The van der Waals surface area contributed by atoms with E-state index in [9.17, 15) is 9.59 Å². The maximum Gasteiger partial charge on any atom is 0.323 e. The van der Waals surface area contributed by atoms with Gasteiger partial charge in [-0.15, -0.1) is 0 Å². The highest BCUT2D eigenvalue weighted by Crippen LogP contribution is 2.31. The number of aryl methyl sites for hydroxylation is 1. The monoisotopic (exact) mass is 462 g/mol. The van der Waals surface area contributed by atoms with Crippen molar-refractivity contribution in [2.75, 3.05) is 41.7 Å². The van der Waals surface area contributed by atoms with Crippen molar-refractivity contribution in [3.8, 4) is 0 Å². The zero-order valence-electron chi connectivity index (χ0n) is 20.8. The molecule has 0 unspecified atom stereocenters. The minimum atomic E-state index is -0.307. The predicted molar refractivity (Wildman–Crippen MR) is 140 cm³/mol. The molecule has 2 aliphatic rings. The molecule has 34 heavy (non-hydrogen) atoms. The fraction of sp³-hybridized carbons (Fsp3) is 0.500. The number of hydrogen-bond acceptors (Lipinski definition) is 3. The van der Waals surface area contributed by atoms with Gasteiger partial charge < -0.3 is 20.4 Å². The van der Waals surface area contributed by atoms with Crippen LogP contribution in [0.5, 0.6) is 0 Å². The summed E-state index contributed by atoms with van der Waals surface area (Å²) in [6, 6.07) is 13.3. The van der Waals surface area contributed by atoms with Crippen LogP contribution in [0.3, 0.4) is 0 Å². The van der Waals surface area contributed by atoms with Crippen molar-refractivity contribution in [1.29, 1.82) is 0 Å². The van der Waals surface area contributed by atoms with Crippen LogP contribution in [-0.2, 0) is 6.42 Å². The number of carbonyl (C=O) groups excluding carboxylic acids is 2. The van der Waals surface area contributed by atoms with E-state index in [1.807, 2.05) is 47.4 Å². The van der Waals surface area contributed by atoms with Gasteiger partial charge in [-0.3, -0.25) is 4.79 Å². The van der Waals surface area contributed by atoms with Gasteiger partial charge in [0, 0.05) is 43.2 Å². The van der Waals surface area contributed by atoms with Crippen molar-refractivity contribution in [3.63, 3.8) is 0 Å². The SMILES string of the molecule is CCc1cccc(NC(=O)Nc2ccc(N3CCC(C)CC3)c(C(=O)N3CCC(C)CC3)c2)c1. The molecule has 0 spiro atoms. The van der Waals surface area contributed by atoms with E-state index in [1.165, 1.54) is 5.56 Å². The van der Waals surface area contributed by atoms with Gasteiger partial charge in [-0.05, 0) is 79.8 Å². The molecular weight excluding hydrogens is 424 g/mol. The number of nitrogens with one attached hydrogen (secondary N) is 2. The van der Waals surface area contributed by atoms with Gasteiger partial charge in [0.1, 0.15) is 0 Å². The number of hydrogen-bond donors (Lipinski definition) is 2. The van der Waals surface area contributed by atoms with Gasteiger partial charge in [0.2, 0.25) is 0 Å². The molecule has 2 saturated heterocycles. The highest BCUT2D eigenvalue weighted by molar-refractivity contribution is 6.04. The largest absolute Gasteiger partial charge is 0.371 e. The molecule has 4 rings (SSSR count). The first kappa shape index (κ1) is 24.1. The number of benzene rings is 2. The Morgan fingerprint density at radius 3 is 2.12 bits per heavy atom. The Labute approximate surface area is 203 Å². The first-order valence-corrected chi connectivity index (χ1v) is 12.8. The van der Waals surface area contributed by atoms with E-state index >= 15 is 0 Å². The second-order valence-electron chi connectivity index (χ2n) is 10.0. The predicted octanol–water partition coefficient (Wildman–Crippen LogP) is 6.00. The third kappa shape index (κ3) is 5.91. The fourth-order valence-corrected chi connectivity index (χ4v) is 4.85. The molecule has 0 aliphatic carbocycles. The molecule has 3 amide bonds. The van der Waals surface area contributed by atoms with Crippen LogP contribution in [0.15, 0.2) is 42.5 Å². The van der Waals surface area contributed by atoms with Crippen LogP contribution in [0, 0.1) is 11.8 Å². The van der Waals surface area contributed by atoms with Crippen LogP contribution in [0.25, 0.3) is 0 Å².